The zero-order valence-corrected chi connectivity index (χ0v) is 13.3. The molecule has 0 fully saturated rings. The van der Waals surface area contributed by atoms with E-state index in [1.807, 2.05) is 18.2 Å². The van der Waals surface area contributed by atoms with Gasteiger partial charge in [0.05, 0.1) is 5.56 Å². The van der Waals surface area contributed by atoms with Crippen LogP contribution < -0.4 is 0 Å². The van der Waals surface area contributed by atoms with Gasteiger partial charge >= 0.3 is 0 Å². The third-order valence-corrected chi connectivity index (χ3v) is 4.49. The molecule has 100 valence electrons. The van der Waals surface area contributed by atoms with Crippen LogP contribution in [0.3, 0.4) is 0 Å². The second kappa shape index (κ2) is 5.26. The Morgan fingerprint density at radius 1 is 0.700 bits per heavy atom. The molecule has 0 N–H and O–H groups in total. The molecule has 0 atom stereocenters. The van der Waals surface area contributed by atoms with Crippen molar-refractivity contribution >= 4 is 42.6 Å². The van der Waals surface area contributed by atoms with Crippen molar-refractivity contribution in [1.29, 1.82) is 0 Å². The van der Waals surface area contributed by atoms with Gasteiger partial charge in [-0.3, -0.25) is 0 Å². The average molecular weight is 398 g/mol. The van der Waals surface area contributed by atoms with Crippen LogP contribution in [0.1, 0.15) is 0 Å². The minimum absolute atomic E-state index is 0.00287. The van der Waals surface area contributed by atoms with E-state index in [2.05, 4.69) is 31.9 Å². The Morgan fingerprint density at radius 2 is 1.30 bits per heavy atom. The highest BCUT2D eigenvalue weighted by atomic mass is 79.9. The smallest absolute Gasteiger partial charge is 0.133 e. The lowest BCUT2D eigenvalue weighted by atomic mass is 9.97. The Bertz CT molecular complexity index is 784. The summed E-state index contributed by atoms with van der Waals surface area (Å²) in [6.45, 7) is 0. The van der Waals surface area contributed by atoms with Crippen LogP contribution in [0, 0.1) is 11.6 Å². The molecule has 0 nitrogen and oxygen atoms in total. The van der Waals surface area contributed by atoms with Crippen molar-refractivity contribution in [3.63, 3.8) is 0 Å². The lowest BCUT2D eigenvalue weighted by molar-refractivity contribution is 0.590. The molecule has 3 aromatic rings. The molecular weight excluding hydrogens is 390 g/mol. The van der Waals surface area contributed by atoms with E-state index >= 15 is 0 Å². The Kier molecular flexibility index (Phi) is 3.61. The number of halogens is 4. The van der Waals surface area contributed by atoms with E-state index in [1.165, 1.54) is 18.2 Å². The maximum atomic E-state index is 14.0. The molecule has 0 amide bonds. The summed E-state index contributed by atoms with van der Waals surface area (Å²) in [7, 11) is 0. The number of fused-ring (bicyclic) bond motifs is 1. The first-order valence-corrected chi connectivity index (χ1v) is 7.49. The first kappa shape index (κ1) is 13.7. The maximum Gasteiger partial charge on any atom is 0.133 e. The van der Waals surface area contributed by atoms with Gasteiger partial charge in [-0.1, -0.05) is 56.1 Å². The van der Waals surface area contributed by atoms with Gasteiger partial charge in [-0.2, -0.15) is 0 Å². The van der Waals surface area contributed by atoms with Gasteiger partial charge in [0, 0.05) is 14.3 Å². The second-order valence-electron chi connectivity index (χ2n) is 4.35. The van der Waals surface area contributed by atoms with E-state index in [0.29, 0.717) is 5.56 Å². The van der Waals surface area contributed by atoms with Crippen LogP contribution in [0.4, 0.5) is 8.78 Å². The molecule has 0 spiro atoms. The van der Waals surface area contributed by atoms with Gasteiger partial charge in [0.15, 0.2) is 0 Å². The van der Waals surface area contributed by atoms with E-state index in [4.69, 9.17) is 0 Å². The third kappa shape index (κ3) is 2.17. The number of benzene rings is 3. The summed E-state index contributed by atoms with van der Waals surface area (Å²) in [5, 5.41) is 1.69. The van der Waals surface area contributed by atoms with Gasteiger partial charge in [0.1, 0.15) is 11.6 Å². The molecule has 0 aromatic heterocycles. The topological polar surface area (TPSA) is 0 Å². The number of rotatable bonds is 1. The Balaban J connectivity index is 2.45. The zero-order chi connectivity index (χ0) is 14.3. The van der Waals surface area contributed by atoms with Gasteiger partial charge < -0.3 is 0 Å². The van der Waals surface area contributed by atoms with Gasteiger partial charge in [-0.25, -0.2) is 8.78 Å². The van der Waals surface area contributed by atoms with Crippen LogP contribution in [-0.4, -0.2) is 0 Å². The van der Waals surface area contributed by atoms with Crippen LogP contribution in [0.25, 0.3) is 21.9 Å². The summed E-state index contributed by atoms with van der Waals surface area (Å²) in [6, 6.07) is 13.0. The number of hydrogen-bond acceptors (Lipinski definition) is 0. The normalized spacial score (nSPS) is 11.0. The van der Waals surface area contributed by atoms with E-state index < -0.39 is 11.6 Å². The highest BCUT2D eigenvalue weighted by Gasteiger charge is 2.15. The largest absolute Gasteiger partial charge is 0.206 e. The van der Waals surface area contributed by atoms with Crippen molar-refractivity contribution in [2.24, 2.45) is 0 Å². The molecule has 0 radical (unpaired) electrons. The summed E-state index contributed by atoms with van der Waals surface area (Å²) >= 11 is 6.95. The minimum Gasteiger partial charge on any atom is -0.206 e. The molecule has 0 unspecified atom stereocenters. The van der Waals surface area contributed by atoms with Gasteiger partial charge in [-0.15, -0.1) is 0 Å². The summed E-state index contributed by atoms with van der Waals surface area (Å²) in [5.74, 6) is -1.12. The highest BCUT2D eigenvalue weighted by molar-refractivity contribution is 9.11. The fraction of sp³-hybridized carbons (Fsp3) is 0. The quantitative estimate of drug-likeness (QED) is 0.451. The molecule has 4 heteroatoms. The van der Waals surface area contributed by atoms with Crippen molar-refractivity contribution < 1.29 is 8.78 Å². The monoisotopic (exact) mass is 396 g/mol. The Labute approximate surface area is 131 Å². The fourth-order valence-corrected chi connectivity index (χ4v) is 3.70. The SMILES string of the molecule is Fc1cccc(F)c1-c1ccc(Br)c2c(Br)cccc12. The second-order valence-corrected chi connectivity index (χ2v) is 6.06. The molecule has 0 aliphatic heterocycles. The standard InChI is InChI=1S/C16H8Br2F2/c17-11-4-1-3-9-10(7-8-12(18)15(9)11)16-13(19)5-2-6-14(16)20/h1-8H. The highest BCUT2D eigenvalue weighted by Crippen LogP contribution is 2.38. The van der Waals surface area contributed by atoms with E-state index in [0.717, 1.165) is 19.7 Å². The molecule has 3 rings (SSSR count). The summed E-state index contributed by atoms with van der Waals surface area (Å²) in [4.78, 5) is 0. The summed E-state index contributed by atoms with van der Waals surface area (Å²) in [5.41, 5.74) is 0.545. The van der Waals surface area contributed by atoms with Crippen molar-refractivity contribution in [2.75, 3.05) is 0 Å². The Hall–Kier alpha value is -1.26. The zero-order valence-electron chi connectivity index (χ0n) is 10.1. The molecular formula is C16H8Br2F2. The van der Waals surface area contributed by atoms with Gasteiger partial charge in [-0.05, 0) is 35.2 Å². The Morgan fingerprint density at radius 3 is 2.00 bits per heavy atom. The molecule has 0 saturated carbocycles. The number of hydrogen-bond donors (Lipinski definition) is 0. The molecule has 0 aliphatic rings. The molecule has 0 bridgehead atoms. The van der Waals surface area contributed by atoms with Crippen molar-refractivity contribution in [2.45, 2.75) is 0 Å². The van der Waals surface area contributed by atoms with Crippen LogP contribution in [-0.2, 0) is 0 Å². The predicted molar refractivity (Wildman–Crippen MR) is 84.7 cm³/mol. The van der Waals surface area contributed by atoms with Crippen LogP contribution >= 0.6 is 31.9 Å². The molecule has 0 aliphatic carbocycles. The van der Waals surface area contributed by atoms with Gasteiger partial charge in [0.25, 0.3) is 0 Å². The van der Waals surface area contributed by atoms with Crippen LogP contribution in [0.5, 0.6) is 0 Å². The van der Waals surface area contributed by atoms with E-state index in [1.54, 1.807) is 12.1 Å². The molecule has 0 saturated heterocycles. The maximum absolute atomic E-state index is 14.0. The molecule has 20 heavy (non-hydrogen) atoms. The molecule has 0 heterocycles. The van der Waals surface area contributed by atoms with Crippen LogP contribution in [0.2, 0.25) is 0 Å². The summed E-state index contributed by atoms with van der Waals surface area (Å²) in [6.07, 6.45) is 0. The van der Waals surface area contributed by atoms with Crippen LogP contribution in [0.15, 0.2) is 57.5 Å². The molecule has 3 aromatic carbocycles. The lowest BCUT2D eigenvalue weighted by Crippen LogP contribution is -1.91. The van der Waals surface area contributed by atoms with Crippen molar-refractivity contribution in [1.82, 2.24) is 0 Å². The van der Waals surface area contributed by atoms with E-state index in [-0.39, 0.29) is 5.56 Å². The van der Waals surface area contributed by atoms with E-state index in [9.17, 15) is 8.78 Å². The van der Waals surface area contributed by atoms with Gasteiger partial charge in [0.2, 0.25) is 0 Å². The van der Waals surface area contributed by atoms with Crippen molar-refractivity contribution in [3.05, 3.63) is 69.1 Å². The first-order chi connectivity index (χ1) is 9.59. The lowest BCUT2D eigenvalue weighted by Gasteiger charge is -2.11. The summed E-state index contributed by atoms with van der Waals surface area (Å²) < 4.78 is 29.8. The third-order valence-electron chi connectivity index (χ3n) is 3.17. The first-order valence-electron chi connectivity index (χ1n) is 5.90. The predicted octanol–water partition coefficient (Wildman–Crippen LogP) is 6.31. The average Bonchev–Trinajstić information content (AvgIpc) is 2.41. The fourth-order valence-electron chi connectivity index (χ4n) is 2.29. The van der Waals surface area contributed by atoms with Crippen molar-refractivity contribution in [3.8, 4) is 11.1 Å². The minimum atomic E-state index is -0.561.